The molecule has 0 aromatic heterocycles. The molecule has 3 nitrogen and oxygen atoms in total. The van der Waals surface area contributed by atoms with Crippen molar-refractivity contribution in [2.24, 2.45) is 0 Å². The molecule has 0 radical (unpaired) electrons. The second kappa shape index (κ2) is 7.27. The highest BCUT2D eigenvalue weighted by atomic mass is 127. The summed E-state index contributed by atoms with van der Waals surface area (Å²) in [5.41, 5.74) is 0. The quantitative estimate of drug-likeness (QED) is 0.324. The molecule has 0 aliphatic rings. The number of rotatable bonds is 5. The summed E-state index contributed by atoms with van der Waals surface area (Å²) in [5.74, 6) is 0. The van der Waals surface area contributed by atoms with Crippen LogP contribution in [0.15, 0.2) is 0 Å². The van der Waals surface area contributed by atoms with Crippen molar-refractivity contribution in [3.8, 4) is 0 Å². The van der Waals surface area contributed by atoms with Gasteiger partial charge in [-0.1, -0.05) is 0 Å². The molecule has 4 heteroatoms. The maximum absolute atomic E-state index is 8.37. The third-order valence-corrected chi connectivity index (χ3v) is 1.14. The van der Waals surface area contributed by atoms with E-state index in [0.29, 0.717) is 6.61 Å². The molecule has 0 fully saturated rings. The number of hydrogen-bond donors (Lipinski definition) is 1. The fraction of sp³-hybridized carbons (Fsp3) is 1.00. The molecule has 70 valence electrons. The number of nitrogens with zero attached hydrogens (tertiary/aromatic N) is 1. The number of ether oxygens (including phenoxy) is 1. The molecule has 0 bridgehead atoms. The molecule has 0 atom stereocenters. The minimum absolute atomic E-state index is 0. The third kappa shape index (κ3) is 13.6. The van der Waals surface area contributed by atoms with Crippen molar-refractivity contribution >= 4 is 0 Å². The average molecular weight is 275 g/mol. The van der Waals surface area contributed by atoms with Gasteiger partial charge in [0.15, 0.2) is 0 Å². The van der Waals surface area contributed by atoms with Gasteiger partial charge in [0.1, 0.15) is 6.54 Å². The lowest BCUT2D eigenvalue weighted by molar-refractivity contribution is -0.870. The zero-order chi connectivity index (χ0) is 8.04. The van der Waals surface area contributed by atoms with Crippen molar-refractivity contribution in [2.75, 3.05) is 47.5 Å². The van der Waals surface area contributed by atoms with Gasteiger partial charge in [-0.15, -0.1) is 0 Å². The minimum Gasteiger partial charge on any atom is -1.00 e. The van der Waals surface area contributed by atoms with Crippen LogP contribution in [0.4, 0.5) is 0 Å². The summed E-state index contributed by atoms with van der Waals surface area (Å²) >= 11 is 0. The molecule has 0 aliphatic heterocycles. The van der Waals surface area contributed by atoms with E-state index in [4.69, 9.17) is 9.84 Å². The highest BCUT2D eigenvalue weighted by molar-refractivity contribution is 4.28. The number of halogens is 1. The van der Waals surface area contributed by atoms with Crippen molar-refractivity contribution in [3.63, 3.8) is 0 Å². The van der Waals surface area contributed by atoms with Crippen LogP contribution in [0.25, 0.3) is 0 Å². The van der Waals surface area contributed by atoms with Crippen LogP contribution in [0.1, 0.15) is 0 Å². The molecule has 0 saturated carbocycles. The van der Waals surface area contributed by atoms with Crippen molar-refractivity contribution in [1.82, 2.24) is 0 Å². The smallest absolute Gasteiger partial charge is 0.102 e. The van der Waals surface area contributed by atoms with Crippen molar-refractivity contribution < 1.29 is 38.3 Å². The molecule has 0 aromatic rings. The van der Waals surface area contributed by atoms with Crippen molar-refractivity contribution in [2.45, 2.75) is 0 Å². The van der Waals surface area contributed by atoms with E-state index >= 15 is 0 Å². The molecule has 11 heavy (non-hydrogen) atoms. The number of aliphatic hydroxyl groups excluding tert-OH is 1. The van der Waals surface area contributed by atoms with E-state index in [0.717, 1.165) is 17.6 Å². The van der Waals surface area contributed by atoms with Gasteiger partial charge in [-0.3, -0.25) is 0 Å². The highest BCUT2D eigenvalue weighted by Gasteiger charge is 2.04. The average Bonchev–Trinajstić information content (AvgIpc) is 1.78. The van der Waals surface area contributed by atoms with E-state index in [1.165, 1.54) is 0 Å². The van der Waals surface area contributed by atoms with Crippen LogP contribution in [-0.4, -0.2) is 57.1 Å². The Hall–Kier alpha value is 0.610. The molecular weight excluding hydrogens is 257 g/mol. The lowest BCUT2D eigenvalue weighted by Crippen LogP contribution is -3.00. The summed E-state index contributed by atoms with van der Waals surface area (Å²) in [7, 11) is 6.34. The highest BCUT2D eigenvalue weighted by Crippen LogP contribution is 1.88. The summed E-state index contributed by atoms with van der Waals surface area (Å²) in [4.78, 5) is 0. The van der Waals surface area contributed by atoms with E-state index in [9.17, 15) is 0 Å². The zero-order valence-corrected chi connectivity index (χ0v) is 9.67. The predicted molar refractivity (Wildman–Crippen MR) is 40.8 cm³/mol. The lowest BCUT2D eigenvalue weighted by Gasteiger charge is -2.23. The van der Waals surface area contributed by atoms with Crippen molar-refractivity contribution in [3.05, 3.63) is 0 Å². The van der Waals surface area contributed by atoms with Crippen LogP contribution in [0.3, 0.4) is 0 Å². The normalized spacial score (nSPS) is 10.9. The maximum Gasteiger partial charge on any atom is 0.102 e. The van der Waals surface area contributed by atoms with E-state index in [-0.39, 0.29) is 30.6 Å². The predicted octanol–water partition coefficient (Wildman–Crippen LogP) is -3.29. The van der Waals surface area contributed by atoms with E-state index in [2.05, 4.69) is 21.1 Å². The topological polar surface area (TPSA) is 29.5 Å². The molecule has 0 rings (SSSR count). The van der Waals surface area contributed by atoms with Crippen molar-refractivity contribution in [1.29, 1.82) is 0 Å². The Labute approximate surface area is 86.0 Å². The molecule has 0 heterocycles. The molecule has 0 spiro atoms. The van der Waals surface area contributed by atoms with Gasteiger partial charge in [-0.05, 0) is 0 Å². The van der Waals surface area contributed by atoms with Gasteiger partial charge in [-0.2, -0.15) is 0 Å². The molecule has 0 amide bonds. The zero-order valence-electron chi connectivity index (χ0n) is 7.51. The number of likely N-dealkylation sites (N-methyl/N-ethyl adjacent to an activating group) is 1. The van der Waals surface area contributed by atoms with E-state index in [1.54, 1.807) is 0 Å². The standard InChI is InChI=1S/C7H18NO2.HI/c1-8(2,3)4-6-10-7-5-9;/h9H,4-7H2,1-3H3;1H/q+1;/p-1. The molecular formula is C7H18INO2. The first kappa shape index (κ1) is 14.2. The molecule has 0 aromatic carbocycles. The number of aliphatic hydroxyl groups is 1. The SMILES string of the molecule is C[N+](C)(C)CCOCCO.[I-]. The first-order valence-electron chi connectivity index (χ1n) is 3.55. The van der Waals surface area contributed by atoms with E-state index < -0.39 is 0 Å². The van der Waals surface area contributed by atoms with Gasteiger partial charge < -0.3 is 38.3 Å². The summed E-state index contributed by atoms with van der Waals surface area (Å²) in [6.45, 7) is 2.29. The first-order chi connectivity index (χ1) is 4.56. The third-order valence-electron chi connectivity index (χ3n) is 1.14. The van der Waals surface area contributed by atoms with Crippen LogP contribution >= 0.6 is 0 Å². The summed E-state index contributed by atoms with van der Waals surface area (Å²) in [6.07, 6.45) is 0. The first-order valence-corrected chi connectivity index (χ1v) is 3.55. The molecule has 0 saturated heterocycles. The van der Waals surface area contributed by atoms with Crippen LogP contribution in [0.2, 0.25) is 0 Å². The van der Waals surface area contributed by atoms with Crippen LogP contribution < -0.4 is 24.0 Å². The van der Waals surface area contributed by atoms with Gasteiger partial charge in [0, 0.05) is 0 Å². The monoisotopic (exact) mass is 275 g/mol. The van der Waals surface area contributed by atoms with Gasteiger partial charge in [-0.25, -0.2) is 0 Å². The number of quaternary nitrogens is 1. The van der Waals surface area contributed by atoms with E-state index in [1.807, 2.05) is 0 Å². The van der Waals surface area contributed by atoms with Crippen LogP contribution in [0, 0.1) is 0 Å². The largest absolute Gasteiger partial charge is 1.00 e. The Morgan fingerprint density at radius 2 is 1.73 bits per heavy atom. The Kier molecular flexibility index (Phi) is 9.35. The van der Waals surface area contributed by atoms with Gasteiger partial charge in [0.25, 0.3) is 0 Å². The van der Waals surface area contributed by atoms with Gasteiger partial charge in [0.05, 0.1) is 41.0 Å². The minimum atomic E-state index is 0. The Morgan fingerprint density at radius 3 is 2.09 bits per heavy atom. The lowest BCUT2D eigenvalue weighted by atomic mass is 10.5. The van der Waals surface area contributed by atoms with Gasteiger partial charge in [0.2, 0.25) is 0 Å². The van der Waals surface area contributed by atoms with Gasteiger partial charge >= 0.3 is 0 Å². The fourth-order valence-electron chi connectivity index (χ4n) is 0.505. The second-order valence-electron chi connectivity index (χ2n) is 3.35. The van der Waals surface area contributed by atoms with Crippen LogP contribution in [-0.2, 0) is 4.74 Å². The Balaban J connectivity index is 0. The second-order valence-corrected chi connectivity index (χ2v) is 3.35. The summed E-state index contributed by atoms with van der Waals surface area (Å²) in [5, 5.41) is 8.37. The maximum atomic E-state index is 8.37. The summed E-state index contributed by atoms with van der Waals surface area (Å²) < 4.78 is 6.00. The number of hydrogen-bond acceptors (Lipinski definition) is 2. The molecule has 0 unspecified atom stereocenters. The van der Waals surface area contributed by atoms with Crippen LogP contribution in [0.5, 0.6) is 0 Å². The molecule has 0 aliphatic carbocycles. The Morgan fingerprint density at radius 1 is 1.18 bits per heavy atom. The summed E-state index contributed by atoms with van der Waals surface area (Å²) in [6, 6.07) is 0. The Bertz CT molecular complexity index is 83.0. The fourth-order valence-corrected chi connectivity index (χ4v) is 0.505. The molecule has 1 N–H and O–H groups in total.